The number of rotatable bonds is 5. The summed E-state index contributed by atoms with van der Waals surface area (Å²) >= 11 is 0. The fourth-order valence-electron chi connectivity index (χ4n) is 2.98. The molecule has 128 valence electrons. The Bertz CT molecular complexity index is 783. The van der Waals surface area contributed by atoms with Crippen molar-refractivity contribution in [1.82, 2.24) is 0 Å². The summed E-state index contributed by atoms with van der Waals surface area (Å²) in [5, 5.41) is 1.78. The van der Waals surface area contributed by atoms with Gasteiger partial charge in [-0.2, -0.15) is 0 Å². The second kappa shape index (κ2) is 6.59. The van der Waals surface area contributed by atoms with Crippen LogP contribution in [0.5, 0.6) is 17.2 Å². The van der Waals surface area contributed by atoms with Crippen molar-refractivity contribution < 1.29 is 18.9 Å². The minimum absolute atomic E-state index is 0.164. The Morgan fingerprint density at radius 1 is 1.08 bits per heavy atom. The third kappa shape index (κ3) is 2.64. The van der Waals surface area contributed by atoms with Crippen molar-refractivity contribution in [2.24, 2.45) is 10.9 Å². The van der Waals surface area contributed by atoms with Crippen LogP contribution in [0.15, 0.2) is 29.3 Å². The first-order valence-corrected chi connectivity index (χ1v) is 8.03. The second-order valence-electron chi connectivity index (χ2n) is 6.10. The molecule has 0 aromatic heterocycles. The molecular weight excluding hydrogens is 306 g/mol. The molecule has 5 nitrogen and oxygen atoms in total. The second-order valence-corrected chi connectivity index (χ2v) is 6.10. The Kier molecular flexibility index (Phi) is 4.51. The zero-order chi connectivity index (χ0) is 17.3. The molecule has 1 heterocycles. The van der Waals surface area contributed by atoms with E-state index < -0.39 is 0 Å². The highest BCUT2D eigenvalue weighted by Crippen LogP contribution is 2.42. The van der Waals surface area contributed by atoms with Gasteiger partial charge in [0.1, 0.15) is 23.9 Å². The zero-order valence-electron chi connectivity index (χ0n) is 14.8. The van der Waals surface area contributed by atoms with E-state index in [1.165, 1.54) is 0 Å². The molecule has 0 radical (unpaired) electrons. The summed E-state index contributed by atoms with van der Waals surface area (Å²) in [5.74, 6) is 3.19. The highest BCUT2D eigenvalue weighted by Gasteiger charge is 2.27. The van der Waals surface area contributed by atoms with E-state index in [4.69, 9.17) is 23.9 Å². The van der Waals surface area contributed by atoms with E-state index in [2.05, 4.69) is 13.8 Å². The van der Waals surface area contributed by atoms with Gasteiger partial charge in [-0.1, -0.05) is 26.0 Å². The fraction of sp³-hybridized carbons (Fsp3) is 0.421. The maximum absolute atomic E-state index is 5.84. The van der Waals surface area contributed by atoms with Gasteiger partial charge in [0.25, 0.3) is 0 Å². The van der Waals surface area contributed by atoms with Crippen molar-refractivity contribution in [3.8, 4) is 17.2 Å². The van der Waals surface area contributed by atoms with Crippen LogP contribution in [0, 0.1) is 5.92 Å². The van der Waals surface area contributed by atoms with E-state index in [1.54, 1.807) is 21.3 Å². The van der Waals surface area contributed by atoms with Crippen LogP contribution in [0.25, 0.3) is 10.8 Å². The molecule has 0 spiro atoms. The molecule has 2 aromatic carbocycles. The monoisotopic (exact) mass is 329 g/mol. The van der Waals surface area contributed by atoms with E-state index in [0.717, 1.165) is 22.1 Å². The largest absolute Gasteiger partial charge is 0.496 e. The summed E-state index contributed by atoms with van der Waals surface area (Å²) in [5.41, 5.74) is 0.804. The summed E-state index contributed by atoms with van der Waals surface area (Å²) < 4.78 is 22.6. The summed E-state index contributed by atoms with van der Waals surface area (Å²) in [6, 6.07) is 7.89. The smallest absolute Gasteiger partial charge is 0.220 e. The molecule has 3 rings (SSSR count). The quantitative estimate of drug-likeness (QED) is 0.840. The molecule has 0 amide bonds. The van der Waals surface area contributed by atoms with Crippen molar-refractivity contribution in [2.75, 3.05) is 27.9 Å². The van der Waals surface area contributed by atoms with Gasteiger partial charge in [0, 0.05) is 5.39 Å². The molecule has 24 heavy (non-hydrogen) atoms. The van der Waals surface area contributed by atoms with Crippen LogP contribution in [0.1, 0.15) is 19.4 Å². The summed E-state index contributed by atoms with van der Waals surface area (Å²) in [7, 11) is 4.94. The predicted octanol–water partition coefficient (Wildman–Crippen LogP) is 3.67. The van der Waals surface area contributed by atoms with E-state index in [0.29, 0.717) is 29.9 Å². The van der Waals surface area contributed by atoms with Crippen LogP contribution in [0.4, 0.5) is 0 Å². The number of aliphatic imine (C=N–C) groups is 1. The van der Waals surface area contributed by atoms with Crippen molar-refractivity contribution in [3.05, 3.63) is 29.8 Å². The normalized spacial score (nSPS) is 16.9. The Labute approximate surface area is 142 Å². The number of ether oxygens (including phenoxy) is 4. The van der Waals surface area contributed by atoms with E-state index >= 15 is 0 Å². The Morgan fingerprint density at radius 3 is 2.42 bits per heavy atom. The summed E-state index contributed by atoms with van der Waals surface area (Å²) in [6.45, 7) is 4.88. The van der Waals surface area contributed by atoms with Gasteiger partial charge in [-0.05, 0) is 18.1 Å². The lowest BCUT2D eigenvalue weighted by atomic mass is 10.0. The Morgan fingerprint density at radius 2 is 1.83 bits per heavy atom. The number of benzene rings is 2. The Balaban J connectivity index is 2.25. The first-order valence-electron chi connectivity index (χ1n) is 8.03. The molecule has 2 aromatic rings. The lowest BCUT2D eigenvalue weighted by molar-refractivity contribution is 0.291. The van der Waals surface area contributed by atoms with Crippen LogP contribution in [0.2, 0.25) is 0 Å². The van der Waals surface area contributed by atoms with Crippen LogP contribution in [-0.2, 0) is 4.74 Å². The molecule has 0 unspecified atom stereocenters. The molecule has 0 N–H and O–H groups in total. The molecule has 1 aliphatic rings. The summed E-state index contributed by atoms with van der Waals surface area (Å²) in [4.78, 5) is 4.72. The van der Waals surface area contributed by atoms with Crippen molar-refractivity contribution in [1.29, 1.82) is 0 Å². The molecule has 0 saturated carbocycles. The van der Waals surface area contributed by atoms with Gasteiger partial charge in [-0.25, -0.2) is 4.99 Å². The van der Waals surface area contributed by atoms with E-state index in [9.17, 15) is 0 Å². The maximum Gasteiger partial charge on any atom is 0.220 e. The fourth-order valence-corrected chi connectivity index (χ4v) is 2.98. The van der Waals surface area contributed by atoms with Gasteiger partial charge in [0.15, 0.2) is 0 Å². The summed E-state index contributed by atoms with van der Waals surface area (Å²) in [6.07, 6.45) is 0. The highest BCUT2D eigenvalue weighted by atomic mass is 16.5. The third-order valence-corrected chi connectivity index (χ3v) is 4.36. The maximum atomic E-state index is 5.84. The topological polar surface area (TPSA) is 49.3 Å². The number of hydrogen-bond acceptors (Lipinski definition) is 5. The van der Waals surface area contributed by atoms with Gasteiger partial charge in [-0.3, -0.25) is 0 Å². The number of fused-ring (bicyclic) bond motifs is 1. The lowest BCUT2D eigenvalue weighted by Crippen LogP contribution is -2.13. The van der Waals surface area contributed by atoms with E-state index in [-0.39, 0.29) is 6.04 Å². The first kappa shape index (κ1) is 16.4. The van der Waals surface area contributed by atoms with Crippen molar-refractivity contribution in [2.45, 2.75) is 19.9 Å². The van der Waals surface area contributed by atoms with Gasteiger partial charge < -0.3 is 18.9 Å². The third-order valence-electron chi connectivity index (χ3n) is 4.36. The molecular formula is C19H23NO4. The molecule has 0 fully saturated rings. The molecule has 0 aliphatic carbocycles. The molecule has 5 heteroatoms. The number of methoxy groups -OCH3 is 3. The molecule has 0 saturated heterocycles. The van der Waals surface area contributed by atoms with Gasteiger partial charge in [0.2, 0.25) is 5.90 Å². The van der Waals surface area contributed by atoms with Crippen LogP contribution < -0.4 is 14.2 Å². The van der Waals surface area contributed by atoms with E-state index in [1.807, 2.05) is 24.3 Å². The Hall–Kier alpha value is -2.43. The van der Waals surface area contributed by atoms with Crippen molar-refractivity contribution >= 4 is 16.7 Å². The molecule has 0 bridgehead atoms. The number of nitrogens with zero attached hydrogens (tertiary/aromatic N) is 1. The molecule has 1 aliphatic heterocycles. The zero-order valence-corrected chi connectivity index (χ0v) is 14.8. The van der Waals surface area contributed by atoms with Crippen LogP contribution in [-0.4, -0.2) is 39.9 Å². The van der Waals surface area contributed by atoms with Crippen LogP contribution >= 0.6 is 0 Å². The standard InChI is InChI=1S/C19H23NO4/c1-11(2)14-10-24-19(20-14)13-9-16(22-4)17-12(18(13)23-5)7-6-8-15(17)21-3/h6-9,11,14H,10H2,1-5H3/t14-/m1/s1. The minimum Gasteiger partial charge on any atom is -0.496 e. The number of hydrogen-bond donors (Lipinski definition) is 0. The van der Waals surface area contributed by atoms with Crippen LogP contribution in [0.3, 0.4) is 0 Å². The van der Waals surface area contributed by atoms with Gasteiger partial charge in [-0.15, -0.1) is 0 Å². The average molecular weight is 329 g/mol. The van der Waals surface area contributed by atoms with Gasteiger partial charge in [0.05, 0.1) is 38.3 Å². The molecule has 1 atom stereocenters. The van der Waals surface area contributed by atoms with Crippen molar-refractivity contribution in [3.63, 3.8) is 0 Å². The first-order chi connectivity index (χ1) is 11.6. The SMILES string of the molecule is COc1c(C2=N[C@@H](C(C)C)CO2)cc(OC)c2c(OC)cccc12. The van der Waals surface area contributed by atoms with Gasteiger partial charge >= 0.3 is 0 Å². The average Bonchev–Trinajstić information content (AvgIpc) is 3.09. The predicted molar refractivity (Wildman–Crippen MR) is 94.7 cm³/mol. The lowest BCUT2D eigenvalue weighted by Gasteiger charge is -2.16. The minimum atomic E-state index is 0.164. The highest BCUT2D eigenvalue weighted by molar-refractivity contribution is 6.08.